The zero-order valence-corrected chi connectivity index (χ0v) is 15.8. The van der Waals surface area contributed by atoms with Crippen LogP contribution in [0.15, 0.2) is 66.7 Å². The number of nitrogens with zero attached hydrogens (tertiary/aromatic N) is 1. The first-order valence-corrected chi connectivity index (χ1v) is 9.39. The van der Waals surface area contributed by atoms with Crippen LogP contribution in [-0.4, -0.2) is 17.4 Å². The van der Waals surface area contributed by atoms with Gasteiger partial charge in [0.25, 0.3) is 5.91 Å². The van der Waals surface area contributed by atoms with Gasteiger partial charge in [-0.25, -0.2) is 4.39 Å². The number of carbonyl (C=O) groups excluding carboxylic acids is 1. The van der Waals surface area contributed by atoms with Gasteiger partial charge in [-0.05, 0) is 53.4 Å². The molecule has 1 aliphatic heterocycles. The Balaban J connectivity index is 1.81. The van der Waals surface area contributed by atoms with Crippen LogP contribution in [0.5, 0.6) is 0 Å². The third-order valence-corrected chi connectivity index (χ3v) is 5.28. The summed E-state index contributed by atoms with van der Waals surface area (Å²) in [6.07, 6.45) is 0.758. The molecule has 27 heavy (non-hydrogen) atoms. The summed E-state index contributed by atoms with van der Waals surface area (Å²) in [5, 5.41) is 0.836. The Morgan fingerprint density at radius 2 is 1.63 bits per heavy atom. The zero-order valence-electron chi connectivity index (χ0n) is 14.3. The SMILES string of the molecule is O=C(c1cc(Cl)cc(Cl)c1)N1CCc2ccccc2[C@@H]1c1ccc(F)cc1. The average molecular weight is 400 g/mol. The van der Waals surface area contributed by atoms with Gasteiger partial charge in [0.1, 0.15) is 5.82 Å². The highest BCUT2D eigenvalue weighted by Crippen LogP contribution is 2.36. The predicted molar refractivity (Wildman–Crippen MR) is 106 cm³/mol. The second-order valence-electron chi connectivity index (χ2n) is 6.56. The van der Waals surface area contributed by atoms with Crippen LogP contribution in [0.3, 0.4) is 0 Å². The number of carbonyl (C=O) groups is 1. The largest absolute Gasteiger partial charge is 0.327 e. The first-order chi connectivity index (χ1) is 13.0. The van der Waals surface area contributed by atoms with E-state index in [1.165, 1.54) is 17.7 Å². The molecule has 1 aliphatic rings. The number of fused-ring (bicyclic) bond motifs is 1. The molecule has 0 aliphatic carbocycles. The molecule has 0 unspecified atom stereocenters. The lowest BCUT2D eigenvalue weighted by atomic mass is 9.87. The maximum atomic E-state index is 13.4. The molecule has 0 aromatic heterocycles. The van der Waals surface area contributed by atoms with E-state index in [0.717, 1.165) is 17.5 Å². The van der Waals surface area contributed by atoms with Gasteiger partial charge >= 0.3 is 0 Å². The molecule has 1 atom stereocenters. The smallest absolute Gasteiger partial charge is 0.254 e. The number of benzene rings is 3. The number of hydrogen-bond donors (Lipinski definition) is 0. The van der Waals surface area contributed by atoms with Crippen LogP contribution in [0.4, 0.5) is 4.39 Å². The molecule has 0 N–H and O–H groups in total. The maximum absolute atomic E-state index is 13.4. The van der Waals surface area contributed by atoms with Crippen molar-refractivity contribution in [2.24, 2.45) is 0 Å². The van der Waals surface area contributed by atoms with Gasteiger partial charge in [0.15, 0.2) is 0 Å². The molecule has 0 saturated heterocycles. The van der Waals surface area contributed by atoms with Gasteiger partial charge in [0.05, 0.1) is 6.04 Å². The lowest BCUT2D eigenvalue weighted by molar-refractivity contribution is 0.0694. The predicted octanol–water partition coefficient (Wildman–Crippen LogP) is 5.92. The molecule has 0 radical (unpaired) electrons. The molecule has 0 bridgehead atoms. The lowest BCUT2D eigenvalue weighted by Gasteiger charge is -2.38. The third-order valence-electron chi connectivity index (χ3n) is 4.84. The molecular weight excluding hydrogens is 384 g/mol. The minimum Gasteiger partial charge on any atom is -0.327 e. The molecule has 1 heterocycles. The fourth-order valence-corrected chi connectivity index (χ4v) is 4.16. The first kappa shape index (κ1) is 18.0. The van der Waals surface area contributed by atoms with Crippen molar-refractivity contribution >= 4 is 29.1 Å². The van der Waals surface area contributed by atoms with Crippen molar-refractivity contribution in [1.82, 2.24) is 4.90 Å². The van der Waals surface area contributed by atoms with Crippen LogP contribution in [0.25, 0.3) is 0 Å². The van der Waals surface area contributed by atoms with E-state index in [1.807, 2.05) is 18.2 Å². The standard InChI is InChI=1S/C22H16Cl2FNO/c23-17-11-16(12-18(24)13-17)22(27)26-10-9-14-3-1-2-4-20(14)21(26)15-5-7-19(25)8-6-15/h1-8,11-13,21H,9-10H2/t21-/m0/s1. The Hall–Kier alpha value is -2.36. The van der Waals surface area contributed by atoms with Crippen molar-refractivity contribution in [3.05, 3.63) is 105 Å². The molecule has 1 amide bonds. The van der Waals surface area contributed by atoms with Gasteiger partial charge in [-0.3, -0.25) is 4.79 Å². The number of amides is 1. The van der Waals surface area contributed by atoms with E-state index >= 15 is 0 Å². The highest BCUT2D eigenvalue weighted by atomic mass is 35.5. The topological polar surface area (TPSA) is 20.3 Å². The van der Waals surface area contributed by atoms with E-state index in [2.05, 4.69) is 6.07 Å². The van der Waals surface area contributed by atoms with Crippen molar-refractivity contribution in [2.45, 2.75) is 12.5 Å². The third kappa shape index (κ3) is 3.58. The monoisotopic (exact) mass is 399 g/mol. The molecule has 0 spiro atoms. The maximum Gasteiger partial charge on any atom is 0.254 e. The Kier molecular flexibility index (Phi) is 4.90. The first-order valence-electron chi connectivity index (χ1n) is 8.63. The molecule has 0 fully saturated rings. The summed E-state index contributed by atoms with van der Waals surface area (Å²) in [6.45, 7) is 0.558. The Bertz CT molecular complexity index is 983. The molecule has 4 rings (SSSR count). The molecule has 5 heteroatoms. The summed E-state index contributed by atoms with van der Waals surface area (Å²) in [6, 6.07) is 18.9. The summed E-state index contributed by atoms with van der Waals surface area (Å²) in [5.41, 5.74) is 3.56. The molecular formula is C22H16Cl2FNO. The van der Waals surface area contributed by atoms with E-state index in [1.54, 1.807) is 35.2 Å². The summed E-state index contributed by atoms with van der Waals surface area (Å²) in [5.74, 6) is -0.453. The van der Waals surface area contributed by atoms with Crippen molar-refractivity contribution in [2.75, 3.05) is 6.54 Å². The molecule has 2 nitrogen and oxygen atoms in total. The van der Waals surface area contributed by atoms with E-state index in [9.17, 15) is 9.18 Å². The minimum absolute atomic E-state index is 0.150. The Morgan fingerprint density at radius 3 is 2.33 bits per heavy atom. The van der Waals surface area contributed by atoms with Crippen LogP contribution in [-0.2, 0) is 6.42 Å². The van der Waals surface area contributed by atoms with Crippen LogP contribution >= 0.6 is 23.2 Å². The van der Waals surface area contributed by atoms with E-state index in [0.29, 0.717) is 22.2 Å². The van der Waals surface area contributed by atoms with Gasteiger partial charge in [0.2, 0.25) is 0 Å². The summed E-state index contributed by atoms with van der Waals surface area (Å²) in [4.78, 5) is 15.1. The van der Waals surface area contributed by atoms with Crippen LogP contribution < -0.4 is 0 Å². The number of hydrogen-bond acceptors (Lipinski definition) is 1. The summed E-state index contributed by atoms with van der Waals surface area (Å²) in [7, 11) is 0. The molecule has 3 aromatic carbocycles. The number of halogens is 3. The normalized spacial score (nSPS) is 16.1. The second kappa shape index (κ2) is 7.34. The van der Waals surface area contributed by atoms with E-state index < -0.39 is 0 Å². The lowest BCUT2D eigenvalue weighted by Crippen LogP contribution is -2.40. The van der Waals surface area contributed by atoms with Gasteiger partial charge < -0.3 is 4.90 Å². The molecule has 0 saturated carbocycles. The Labute approximate surface area is 167 Å². The zero-order chi connectivity index (χ0) is 19.0. The Morgan fingerprint density at radius 1 is 0.963 bits per heavy atom. The highest BCUT2D eigenvalue weighted by molar-refractivity contribution is 6.35. The van der Waals surface area contributed by atoms with E-state index in [-0.39, 0.29) is 17.8 Å². The van der Waals surface area contributed by atoms with Gasteiger partial charge in [0, 0.05) is 22.2 Å². The fourth-order valence-electron chi connectivity index (χ4n) is 3.63. The van der Waals surface area contributed by atoms with Gasteiger partial charge in [-0.2, -0.15) is 0 Å². The number of rotatable bonds is 2. The van der Waals surface area contributed by atoms with Crippen molar-refractivity contribution < 1.29 is 9.18 Å². The van der Waals surface area contributed by atoms with Crippen LogP contribution in [0, 0.1) is 5.82 Å². The minimum atomic E-state index is -0.303. The quantitative estimate of drug-likeness (QED) is 0.523. The molecule has 136 valence electrons. The van der Waals surface area contributed by atoms with Crippen LogP contribution in [0.2, 0.25) is 10.0 Å². The molecule has 3 aromatic rings. The fraction of sp³-hybridized carbons (Fsp3) is 0.136. The average Bonchev–Trinajstić information content (AvgIpc) is 2.66. The second-order valence-corrected chi connectivity index (χ2v) is 7.43. The van der Waals surface area contributed by atoms with E-state index in [4.69, 9.17) is 23.2 Å². The summed E-state index contributed by atoms with van der Waals surface area (Å²) < 4.78 is 13.4. The van der Waals surface area contributed by atoms with Gasteiger partial charge in [-0.15, -0.1) is 0 Å². The van der Waals surface area contributed by atoms with Crippen molar-refractivity contribution in [1.29, 1.82) is 0 Å². The van der Waals surface area contributed by atoms with Crippen molar-refractivity contribution in [3.8, 4) is 0 Å². The van der Waals surface area contributed by atoms with Crippen molar-refractivity contribution in [3.63, 3.8) is 0 Å². The van der Waals surface area contributed by atoms with Crippen LogP contribution in [0.1, 0.15) is 33.1 Å². The van der Waals surface area contributed by atoms with Gasteiger partial charge in [-0.1, -0.05) is 59.6 Å². The summed E-state index contributed by atoms with van der Waals surface area (Å²) >= 11 is 12.2. The highest BCUT2D eigenvalue weighted by Gasteiger charge is 2.32.